The molecule has 1 heterocycles. The highest BCUT2D eigenvalue weighted by atomic mass is 16.5. The van der Waals surface area contributed by atoms with E-state index >= 15 is 0 Å². The van der Waals surface area contributed by atoms with Gasteiger partial charge in [-0.05, 0) is 61.1 Å². The number of hydrogen-bond acceptors (Lipinski definition) is 2. The molecule has 3 rings (SSSR count). The Bertz CT molecular complexity index is 747. The summed E-state index contributed by atoms with van der Waals surface area (Å²) in [6.45, 7) is 9.15. The van der Waals surface area contributed by atoms with Gasteiger partial charge < -0.3 is 9.64 Å². The number of carbonyl (C=O) groups is 1. The van der Waals surface area contributed by atoms with Crippen molar-refractivity contribution in [3.05, 3.63) is 59.2 Å². The molecule has 3 heteroatoms. The lowest BCUT2D eigenvalue weighted by Crippen LogP contribution is -2.30. The summed E-state index contributed by atoms with van der Waals surface area (Å²) in [6.07, 6.45) is 1.50. The van der Waals surface area contributed by atoms with Crippen LogP contribution >= 0.6 is 0 Å². The Morgan fingerprint density at radius 1 is 1.08 bits per heavy atom. The number of rotatable bonds is 5. The van der Waals surface area contributed by atoms with Gasteiger partial charge in [-0.15, -0.1) is 0 Å². The molecule has 132 valence electrons. The fourth-order valence-corrected chi connectivity index (χ4v) is 3.27. The summed E-state index contributed by atoms with van der Waals surface area (Å²) in [5.41, 5.74) is 4.60. The van der Waals surface area contributed by atoms with Crippen LogP contribution in [-0.2, 0) is 17.6 Å². The van der Waals surface area contributed by atoms with Crippen molar-refractivity contribution in [2.75, 3.05) is 11.4 Å². The molecule has 0 fully saturated rings. The first kappa shape index (κ1) is 17.5. The molecule has 0 saturated heterocycles. The second kappa shape index (κ2) is 7.30. The summed E-state index contributed by atoms with van der Waals surface area (Å²) in [5, 5.41) is 0. The molecule has 1 amide bonds. The van der Waals surface area contributed by atoms with E-state index in [1.807, 2.05) is 30.9 Å². The summed E-state index contributed by atoms with van der Waals surface area (Å²) >= 11 is 0. The SMILES string of the molecule is CC(C)Oc1ccc2c(c1)CCN2C(=O)Cc1ccc(C(C)C)cc1. The van der Waals surface area contributed by atoms with Crippen molar-refractivity contribution in [1.82, 2.24) is 0 Å². The third-order valence-corrected chi connectivity index (χ3v) is 4.62. The average molecular weight is 337 g/mol. The van der Waals surface area contributed by atoms with Gasteiger partial charge >= 0.3 is 0 Å². The average Bonchev–Trinajstić information content (AvgIpc) is 2.98. The van der Waals surface area contributed by atoms with Crippen molar-refractivity contribution >= 4 is 11.6 Å². The molecule has 1 aliphatic rings. The highest BCUT2D eigenvalue weighted by molar-refractivity contribution is 5.96. The minimum atomic E-state index is 0.158. The Kier molecular flexibility index (Phi) is 5.12. The first-order valence-electron chi connectivity index (χ1n) is 9.13. The van der Waals surface area contributed by atoms with Crippen molar-refractivity contribution in [2.24, 2.45) is 0 Å². The Morgan fingerprint density at radius 3 is 2.44 bits per heavy atom. The Labute approximate surface area is 150 Å². The highest BCUT2D eigenvalue weighted by Crippen LogP contribution is 2.32. The molecule has 25 heavy (non-hydrogen) atoms. The van der Waals surface area contributed by atoms with Crippen LogP contribution in [0.15, 0.2) is 42.5 Å². The molecule has 3 nitrogen and oxygen atoms in total. The molecule has 1 aliphatic heterocycles. The zero-order chi connectivity index (χ0) is 18.0. The Morgan fingerprint density at radius 2 is 1.80 bits per heavy atom. The van der Waals surface area contributed by atoms with Crippen LogP contribution in [0.2, 0.25) is 0 Å². The zero-order valence-corrected chi connectivity index (χ0v) is 15.6. The van der Waals surface area contributed by atoms with Gasteiger partial charge in [0.05, 0.1) is 12.5 Å². The smallest absolute Gasteiger partial charge is 0.231 e. The molecule has 0 atom stereocenters. The molecule has 2 aromatic carbocycles. The van der Waals surface area contributed by atoms with E-state index in [1.54, 1.807) is 0 Å². The quantitative estimate of drug-likeness (QED) is 0.789. The third-order valence-electron chi connectivity index (χ3n) is 4.62. The number of fused-ring (bicyclic) bond motifs is 1. The molecular formula is C22H27NO2. The second-order valence-corrected chi connectivity index (χ2v) is 7.33. The largest absolute Gasteiger partial charge is 0.491 e. The lowest BCUT2D eigenvalue weighted by Gasteiger charge is -2.18. The maximum atomic E-state index is 12.8. The van der Waals surface area contributed by atoms with Crippen LogP contribution < -0.4 is 9.64 Å². The van der Waals surface area contributed by atoms with Crippen LogP contribution in [0.25, 0.3) is 0 Å². The van der Waals surface area contributed by atoms with Gasteiger partial charge in [-0.25, -0.2) is 0 Å². The minimum absolute atomic E-state index is 0.158. The van der Waals surface area contributed by atoms with Crippen molar-refractivity contribution in [2.45, 2.75) is 52.6 Å². The predicted molar refractivity (Wildman–Crippen MR) is 102 cm³/mol. The summed E-state index contributed by atoms with van der Waals surface area (Å²) < 4.78 is 5.76. The Balaban J connectivity index is 1.70. The second-order valence-electron chi connectivity index (χ2n) is 7.33. The maximum Gasteiger partial charge on any atom is 0.231 e. The van der Waals surface area contributed by atoms with E-state index in [0.717, 1.165) is 30.0 Å². The summed E-state index contributed by atoms with van der Waals surface area (Å²) in [7, 11) is 0. The molecule has 0 aromatic heterocycles. The fraction of sp³-hybridized carbons (Fsp3) is 0.409. The van der Waals surface area contributed by atoms with E-state index in [9.17, 15) is 4.79 Å². The first-order chi connectivity index (χ1) is 11.9. The van der Waals surface area contributed by atoms with E-state index in [0.29, 0.717) is 12.3 Å². The molecule has 0 spiro atoms. The van der Waals surface area contributed by atoms with Gasteiger partial charge in [-0.3, -0.25) is 4.79 Å². The number of anilines is 1. The van der Waals surface area contributed by atoms with E-state index in [-0.39, 0.29) is 12.0 Å². The Hall–Kier alpha value is -2.29. The maximum absolute atomic E-state index is 12.8. The van der Waals surface area contributed by atoms with Gasteiger partial charge in [0.1, 0.15) is 5.75 Å². The fourth-order valence-electron chi connectivity index (χ4n) is 3.27. The van der Waals surface area contributed by atoms with Crippen LogP contribution in [0, 0.1) is 0 Å². The monoisotopic (exact) mass is 337 g/mol. The molecule has 0 bridgehead atoms. The van der Waals surface area contributed by atoms with Gasteiger partial charge in [0, 0.05) is 12.2 Å². The zero-order valence-electron chi connectivity index (χ0n) is 15.6. The summed E-state index contributed by atoms with van der Waals surface area (Å²) in [6, 6.07) is 14.4. The molecule has 0 saturated carbocycles. The number of ether oxygens (including phenoxy) is 1. The molecular weight excluding hydrogens is 310 g/mol. The molecule has 0 aliphatic carbocycles. The van der Waals surface area contributed by atoms with Crippen molar-refractivity contribution in [3.63, 3.8) is 0 Å². The number of hydrogen-bond donors (Lipinski definition) is 0. The van der Waals surface area contributed by atoms with Crippen LogP contribution in [0.4, 0.5) is 5.69 Å². The van der Waals surface area contributed by atoms with E-state index in [2.05, 4.69) is 44.2 Å². The number of nitrogens with zero attached hydrogens (tertiary/aromatic N) is 1. The number of benzene rings is 2. The van der Waals surface area contributed by atoms with Crippen molar-refractivity contribution in [1.29, 1.82) is 0 Å². The number of carbonyl (C=O) groups excluding carboxylic acids is 1. The third kappa shape index (κ3) is 4.04. The van der Waals surface area contributed by atoms with Crippen molar-refractivity contribution in [3.8, 4) is 5.75 Å². The summed E-state index contributed by atoms with van der Waals surface area (Å²) in [4.78, 5) is 14.7. The molecule has 0 radical (unpaired) electrons. The normalized spacial score (nSPS) is 13.4. The van der Waals surface area contributed by atoms with Gasteiger partial charge in [0.2, 0.25) is 5.91 Å². The molecule has 2 aromatic rings. The predicted octanol–water partition coefficient (Wildman–Crippen LogP) is 4.73. The first-order valence-corrected chi connectivity index (χ1v) is 9.13. The topological polar surface area (TPSA) is 29.5 Å². The summed E-state index contributed by atoms with van der Waals surface area (Å²) in [5.74, 6) is 1.55. The van der Waals surface area contributed by atoms with Crippen LogP contribution in [0.3, 0.4) is 0 Å². The molecule has 0 N–H and O–H groups in total. The van der Waals surface area contributed by atoms with E-state index in [1.165, 1.54) is 11.1 Å². The standard InChI is InChI=1S/C22H27NO2/c1-15(2)18-7-5-17(6-8-18)13-22(24)23-12-11-19-14-20(25-16(3)4)9-10-21(19)23/h5-10,14-16H,11-13H2,1-4H3. The minimum Gasteiger partial charge on any atom is -0.491 e. The van der Waals surface area contributed by atoms with Gasteiger partial charge in [-0.2, -0.15) is 0 Å². The van der Waals surface area contributed by atoms with Gasteiger partial charge in [-0.1, -0.05) is 38.1 Å². The van der Waals surface area contributed by atoms with Crippen LogP contribution in [0.5, 0.6) is 5.75 Å². The lowest BCUT2D eigenvalue weighted by molar-refractivity contribution is -0.117. The van der Waals surface area contributed by atoms with Crippen LogP contribution in [0.1, 0.15) is 50.3 Å². The van der Waals surface area contributed by atoms with Gasteiger partial charge in [0.25, 0.3) is 0 Å². The highest BCUT2D eigenvalue weighted by Gasteiger charge is 2.25. The van der Waals surface area contributed by atoms with Crippen molar-refractivity contribution < 1.29 is 9.53 Å². The molecule has 0 unspecified atom stereocenters. The van der Waals surface area contributed by atoms with Gasteiger partial charge in [0.15, 0.2) is 0 Å². The van der Waals surface area contributed by atoms with E-state index < -0.39 is 0 Å². The van der Waals surface area contributed by atoms with E-state index in [4.69, 9.17) is 4.74 Å². The van der Waals surface area contributed by atoms with Crippen LogP contribution in [-0.4, -0.2) is 18.6 Å². The number of amides is 1. The lowest BCUT2D eigenvalue weighted by atomic mass is 10.0.